The van der Waals surface area contributed by atoms with Gasteiger partial charge >= 0.3 is 0 Å². The van der Waals surface area contributed by atoms with Crippen LogP contribution in [0, 0.1) is 5.41 Å². The summed E-state index contributed by atoms with van der Waals surface area (Å²) in [7, 11) is 1.70. The fourth-order valence-electron chi connectivity index (χ4n) is 1.93. The van der Waals surface area contributed by atoms with Crippen molar-refractivity contribution in [3.63, 3.8) is 0 Å². The second-order valence-corrected chi connectivity index (χ2v) is 6.14. The van der Waals surface area contributed by atoms with Crippen molar-refractivity contribution in [1.82, 2.24) is 5.43 Å². The average molecular weight is 315 g/mol. The van der Waals surface area contributed by atoms with E-state index in [1.807, 2.05) is 12.1 Å². The van der Waals surface area contributed by atoms with Gasteiger partial charge < -0.3 is 4.74 Å². The highest BCUT2D eigenvalue weighted by Gasteiger charge is 2.27. The fraction of sp³-hybridized carbons (Fsp3) is 0.571. The normalized spacial score (nSPS) is 13.4. The second-order valence-electron chi connectivity index (χ2n) is 5.22. The molecule has 0 aromatic heterocycles. The summed E-state index contributed by atoms with van der Waals surface area (Å²) in [6.07, 6.45) is 1.91. The number of nitrogens with two attached hydrogens (primary N) is 1. The number of hydrogen-bond donors (Lipinski definition) is 2. The van der Waals surface area contributed by atoms with E-state index in [9.17, 15) is 0 Å². The van der Waals surface area contributed by atoms with Crippen LogP contribution < -0.4 is 16.0 Å². The van der Waals surface area contributed by atoms with E-state index >= 15 is 0 Å². The number of ether oxygens (including phenoxy) is 1. The van der Waals surface area contributed by atoms with E-state index in [0.29, 0.717) is 0 Å². The minimum atomic E-state index is 0.141. The van der Waals surface area contributed by atoms with Crippen LogP contribution in [-0.4, -0.2) is 13.2 Å². The molecule has 3 nitrogen and oxygen atoms in total. The van der Waals surface area contributed by atoms with Crippen LogP contribution in [0.15, 0.2) is 22.7 Å². The first kappa shape index (κ1) is 15.5. The highest BCUT2D eigenvalue weighted by atomic mass is 79.9. The monoisotopic (exact) mass is 314 g/mol. The van der Waals surface area contributed by atoms with E-state index < -0.39 is 0 Å². The van der Waals surface area contributed by atoms with Gasteiger partial charge in [-0.25, -0.2) is 0 Å². The maximum Gasteiger partial charge on any atom is 0.122 e. The molecule has 0 saturated heterocycles. The highest BCUT2D eigenvalue weighted by Crippen LogP contribution is 2.30. The van der Waals surface area contributed by atoms with Crippen molar-refractivity contribution in [3.05, 3.63) is 28.2 Å². The van der Waals surface area contributed by atoms with Gasteiger partial charge in [-0.1, -0.05) is 36.7 Å². The number of rotatable bonds is 6. The van der Waals surface area contributed by atoms with Gasteiger partial charge in [0.2, 0.25) is 0 Å². The van der Waals surface area contributed by atoms with Gasteiger partial charge in [0.25, 0.3) is 0 Å². The molecule has 0 aliphatic heterocycles. The van der Waals surface area contributed by atoms with Gasteiger partial charge in [-0.05, 0) is 42.0 Å². The largest absolute Gasteiger partial charge is 0.496 e. The van der Waals surface area contributed by atoms with Gasteiger partial charge in [0, 0.05) is 10.5 Å². The average Bonchev–Trinajstić information content (AvgIpc) is 2.35. The third-order valence-electron chi connectivity index (χ3n) is 3.72. The minimum Gasteiger partial charge on any atom is -0.496 e. The topological polar surface area (TPSA) is 47.3 Å². The lowest BCUT2D eigenvalue weighted by Gasteiger charge is -2.33. The molecular formula is C14H23BrN2O. The van der Waals surface area contributed by atoms with E-state index in [-0.39, 0.29) is 11.5 Å². The lowest BCUT2D eigenvalue weighted by molar-refractivity contribution is 0.230. The molecule has 1 aromatic rings. The van der Waals surface area contributed by atoms with Crippen molar-refractivity contribution in [2.24, 2.45) is 11.3 Å². The molecule has 0 bridgehead atoms. The molecule has 0 heterocycles. The minimum absolute atomic E-state index is 0.141. The maximum absolute atomic E-state index is 5.71. The first-order chi connectivity index (χ1) is 8.44. The highest BCUT2D eigenvalue weighted by molar-refractivity contribution is 9.10. The Morgan fingerprint density at radius 1 is 1.44 bits per heavy atom. The van der Waals surface area contributed by atoms with Crippen LogP contribution in [0.2, 0.25) is 0 Å². The van der Waals surface area contributed by atoms with Crippen molar-refractivity contribution in [2.45, 2.75) is 39.7 Å². The van der Waals surface area contributed by atoms with Crippen molar-refractivity contribution in [3.8, 4) is 5.75 Å². The van der Waals surface area contributed by atoms with E-state index in [0.717, 1.165) is 28.6 Å². The van der Waals surface area contributed by atoms with Gasteiger partial charge in [0.15, 0.2) is 0 Å². The maximum atomic E-state index is 5.71. The summed E-state index contributed by atoms with van der Waals surface area (Å²) in [5.74, 6) is 6.62. The molecule has 1 aromatic carbocycles. The Morgan fingerprint density at radius 3 is 2.61 bits per heavy atom. The number of methoxy groups -OCH3 is 1. The van der Waals surface area contributed by atoms with Gasteiger partial charge in [0.1, 0.15) is 5.75 Å². The third kappa shape index (κ3) is 3.70. The Labute approximate surface area is 118 Å². The number of hydrazine groups is 1. The smallest absolute Gasteiger partial charge is 0.122 e. The molecule has 3 N–H and O–H groups in total. The molecular weight excluding hydrogens is 292 g/mol. The third-order valence-corrected chi connectivity index (χ3v) is 4.22. The summed E-state index contributed by atoms with van der Waals surface area (Å²) in [6.45, 7) is 6.63. The van der Waals surface area contributed by atoms with Crippen LogP contribution in [0.4, 0.5) is 0 Å². The number of nitrogens with one attached hydrogen (secondary N) is 1. The Kier molecular flexibility index (Phi) is 5.63. The first-order valence-electron chi connectivity index (χ1n) is 6.23. The quantitative estimate of drug-likeness (QED) is 0.626. The van der Waals surface area contributed by atoms with Crippen LogP contribution in [0.3, 0.4) is 0 Å². The van der Waals surface area contributed by atoms with Crippen molar-refractivity contribution in [1.29, 1.82) is 0 Å². The lowest BCUT2D eigenvalue weighted by atomic mass is 9.79. The lowest BCUT2D eigenvalue weighted by Crippen LogP contribution is -2.47. The zero-order chi connectivity index (χ0) is 13.8. The first-order valence-corrected chi connectivity index (χ1v) is 7.02. The molecule has 1 rings (SSSR count). The molecule has 0 radical (unpaired) electrons. The molecule has 0 spiro atoms. The molecule has 4 heteroatoms. The van der Waals surface area contributed by atoms with Crippen LogP contribution in [0.5, 0.6) is 5.75 Å². The molecule has 0 fully saturated rings. The van der Waals surface area contributed by atoms with Crippen molar-refractivity contribution < 1.29 is 4.74 Å². The van der Waals surface area contributed by atoms with Gasteiger partial charge in [-0.2, -0.15) is 0 Å². The van der Waals surface area contributed by atoms with Crippen LogP contribution in [0.1, 0.15) is 32.8 Å². The Balaban J connectivity index is 2.97. The Bertz CT molecular complexity index is 393. The number of hydrogen-bond acceptors (Lipinski definition) is 3. The summed E-state index contributed by atoms with van der Waals surface area (Å²) in [6, 6.07) is 6.27. The second kappa shape index (κ2) is 6.55. The molecule has 102 valence electrons. The summed E-state index contributed by atoms with van der Waals surface area (Å²) in [4.78, 5) is 0. The predicted octanol–water partition coefficient (Wildman–Crippen LogP) is 3.27. The predicted molar refractivity (Wildman–Crippen MR) is 79.6 cm³/mol. The van der Waals surface area contributed by atoms with Crippen molar-refractivity contribution in [2.75, 3.05) is 7.11 Å². The summed E-state index contributed by atoms with van der Waals surface area (Å²) >= 11 is 3.50. The van der Waals surface area contributed by atoms with E-state index in [1.54, 1.807) is 7.11 Å². The molecule has 0 amide bonds. The molecule has 0 aliphatic rings. The molecule has 0 saturated carbocycles. The molecule has 1 unspecified atom stereocenters. The number of halogens is 1. The fourth-order valence-corrected chi connectivity index (χ4v) is 2.34. The zero-order valence-electron chi connectivity index (χ0n) is 11.6. The van der Waals surface area contributed by atoms with Crippen LogP contribution in [0.25, 0.3) is 0 Å². The zero-order valence-corrected chi connectivity index (χ0v) is 13.2. The van der Waals surface area contributed by atoms with Gasteiger partial charge in [-0.15, -0.1) is 0 Å². The Morgan fingerprint density at radius 2 is 2.11 bits per heavy atom. The summed E-state index contributed by atoms with van der Waals surface area (Å²) in [5.41, 5.74) is 4.25. The number of benzene rings is 1. The van der Waals surface area contributed by atoms with E-state index in [4.69, 9.17) is 10.6 Å². The standard InChI is InChI=1S/C14H23BrN2O/c1-5-14(2,3)13(17-16)9-10-8-11(15)6-7-12(10)18-4/h6-8,13,17H,5,9,16H2,1-4H3. The van der Waals surface area contributed by atoms with E-state index in [2.05, 4.69) is 48.2 Å². The van der Waals surface area contributed by atoms with Gasteiger partial charge in [-0.3, -0.25) is 11.3 Å². The molecule has 0 aliphatic carbocycles. The van der Waals surface area contributed by atoms with Crippen molar-refractivity contribution >= 4 is 15.9 Å². The van der Waals surface area contributed by atoms with Gasteiger partial charge in [0.05, 0.1) is 7.11 Å². The van der Waals surface area contributed by atoms with Crippen LogP contribution in [-0.2, 0) is 6.42 Å². The SMILES string of the molecule is CCC(C)(C)C(Cc1cc(Br)ccc1OC)NN. The molecule has 18 heavy (non-hydrogen) atoms. The van der Waals surface area contributed by atoms with Crippen LogP contribution >= 0.6 is 15.9 Å². The summed E-state index contributed by atoms with van der Waals surface area (Å²) in [5, 5.41) is 0. The molecule has 1 atom stereocenters. The Hall–Kier alpha value is -0.580. The summed E-state index contributed by atoms with van der Waals surface area (Å²) < 4.78 is 6.46. The van der Waals surface area contributed by atoms with E-state index in [1.165, 1.54) is 0 Å².